The third kappa shape index (κ3) is 4.87. The molecule has 19 heavy (non-hydrogen) atoms. The highest BCUT2D eigenvalue weighted by Gasteiger charge is 2.08. The lowest BCUT2D eigenvalue weighted by Gasteiger charge is -2.18. The number of hydrogen-bond acceptors (Lipinski definition) is 3. The van der Waals surface area contributed by atoms with Crippen molar-refractivity contribution in [2.24, 2.45) is 0 Å². The van der Waals surface area contributed by atoms with Crippen LogP contribution >= 0.6 is 0 Å². The first-order valence-electron chi connectivity index (χ1n) is 6.54. The third-order valence-electron chi connectivity index (χ3n) is 2.97. The molecule has 0 unspecified atom stereocenters. The maximum atomic E-state index is 13.1. The van der Waals surface area contributed by atoms with E-state index >= 15 is 0 Å². The Hall–Kier alpha value is -1.62. The van der Waals surface area contributed by atoms with Crippen molar-refractivity contribution >= 4 is 5.91 Å². The number of nitrogens with zero attached hydrogens (tertiary/aromatic N) is 1. The summed E-state index contributed by atoms with van der Waals surface area (Å²) >= 11 is 0. The molecule has 0 saturated heterocycles. The minimum absolute atomic E-state index is 0.120. The van der Waals surface area contributed by atoms with Gasteiger partial charge in [-0.2, -0.15) is 0 Å². The Morgan fingerprint density at radius 1 is 1.37 bits per heavy atom. The van der Waals surface area contributed by atoms with Gasteiger partial charge in [-0.1, -0.05) is 6.07 Å². The molecule has 0 radical (unpaired) electrons. The molecule has 1 amide bonds. The molecule has 0 heterocycles. The monoisotopic (exact) mass is 268 g/mol. The summed E-state index contributed by atoms with van der Waals surface area (Å²) in [5.41, 5.74) is 0.741. The Kier molecular flexibility index (Phi) is 6.29. The van der Waals surface area contributed by atoms with Crippen LogP contribution in [-0.4, -0.2) is 35.5 Å². The predicted octanol–water partition coefficient (Wildman–Crippen LogP) is 1.88. The number of nitrogens with one attached hydrogen (secondary N) is 1. The molecule has 5 heteroatoms. The summed E-state index contributed by atoms with van der Waals surface area (Å²) in [6.45, 7) is 6.37. The van der Waals surface area contributed by atoms with Crippen molar-refractivity contribution < 1.29 is 14.3 Å². The molecule has 2 N–H and O–H groups in total. The van der Waals surface area contributed by atoms with E-state index in [1.54, 1.807) is 11.0 Å². The Bertz CT molecular complexity index is 420. The molecule has 0 aliphatic rings. The zero-order valence-electron chi connectivity index (χ0n) is 11.4. The van der Waals surface area contributed by atoms with Crippen LogP contribution in [0.15, 0.2) is 18.2 Å². The van der Waals surface area contributed by atoms with Crippen LogP contribution in [-0.2, 0) is 11.3 Å². The topological polar surface area (TPSA) is 52.6 Å². The first-order valence-corrected chi connectivity index (χ1v) is 6.54. The van der Waals surface area contributed by atoms with Crippen molar-refractivity contribution in [3.05, 3.63) is 29.6 Å². The summed E-state index contributed by atoms with van der Waals surface area (Å²) in [6.07, 6.45) is 0.433. The Morgan fingerprint density at radius 2 is 2.05 bits per heavy atom. The van der Waals surface area contributed by atoms with Crippen LogP contribution in [0.4, 0.5) is 4.39 Å². The van der Waals surface area contributed by atoms with Gasteiger partial charge in [0.15, 0.2) is 11.6 Å². The number of rotatable bonds is 7. The zero-order chi connectivity index (χ0) is 14.3. The van der Waals surface area contributed by atoms with E-state index in [-0.39, 0.29) is 11.7 Å². The fraction of sp³-hybridized carbons (Fsp3) is 0.500. The van der Waals surface area contributed by atoms with Gasteiger partial charge in [0.25, 0.3) is 0 Å². The maximum Gasteiger partial charge on any atom is 0.223 e. The van der Waals surface area contributed by atoms with E-state index in [1.807, 2.05) is 13.8 Å². The Labute approximate surface area is 113 Å². The number of carbonyl (C=O) groups excluding carboxylic acids is 1. The highest BCUT2D eigenvalue weighted by atomic mass is 19.1. The second-order valence-electron chi connectivity index (χ2n) is 4.28. The molecule has 1 aromatic carbocycles. The SMILES string of the molecule is CCN(CC)C(=O)CCNCc1ccc(O)c(F)c1. The summed E-state index contributed by atoms with van der Waals surface area (Å²) in [6, 6.07) is 4.26. The van der Waals surface area contributed by atoms with Crippen molar-refractivity contribution in [2.45, 2.75) is 26.8 Å². The van der Waals surface area contributed by atoms with Crippen LogP contribution in [0.1, 0.15) is 25.8 Å². The van der Waals surface area contributed by atoms with E-state index in [9.17, 15) is 9.18 Å². The van der Waals surface area contributed by atoms with E-state index in [1.165, 1.54) is 12.1 Å². The number of benzene rings is 1. The number of amides is 1. The van der Waals surface area contributed by atoms with Gasteiger partial charge in [0.1, 0.15) is 0 Å². The number of carbonyl (C=O) groups is 1. The molecular weight excluding hydrogens is 247 g/mol. The standard InChI is InChI=1S/C14H21FN2O2/c1-3-17(4-2)14(19)7-8-16-10-11-5-6-13(18)12(15)9-11/h5-6,9,16,18H,3-4,7-8,10H2,1-2H3. The van der Waals surface area contributed by atoms with Crippen molar-refractivity contribution in [3.8, 4) is 5.75 Å². The number of aromatic hydroxyl groups is 1. The molecule has 0 aliphatic carbocycles. The molecule has 0 atom stereocenters. The largest absolute Gasteiger partial charge is 0.505 e. The van der Waals surface area contributed by atoms with Gasteiger partial charge in [0.2, 0.25) is 5.91 Å². The molecule has 0 bridgehead atoms. The van der Waals surface area contributed by atoms with Crippen molar-refractivity contribution in [1.82, 2.24) is 10.2 Å². The third-order valence-corrected chi connectivity index (χ3v) is 2.97. The van der Waals surface area contributed by atoms with Gasteiger partial charge in [-0.15, -0.1) is 0 Å². The van der Waals surface area contributed by atoms with E-state index in [0.717, 1.165) is 18.7 Å². The van der Waals surface area contributed by atoms with Crippen molar-refractivity contribution in [1.29, 1.82) is 0 Å². The molecule has 0 saturated carbocycles. The van der Waals surface area contributed by atoms with E-state index in [2.05, 4.69) is 5.32 Å². The molecule has 0 fully saturated rings. The van der Waals surface area contributed by atoms with Crippen molar-refractivity contribution in [2.75, 3.05) is 19.6 Å². The number of phenols is 1. The molecule has 4 nitrogen and oxygen atoms in total. The first-order chi connectivity index (χ1) is 9.08. The van der Waals surface area contributed by atoms with Gasteiger partial charge in [0.05, 0.1) is 0 Å². The average Bonchev–Trinajstić information content (AvgIpc) is 2.40. The summed E-state index contributed by atoms with van der Waals surface area (Å²) < 4.78 is 13.1. The highest BCUT2D eigenvalue weighted by molar-refractivity contribution is 5.76. The Balaban J connectivity index is 2.31. The lowest BCUT2D eigenvalue weighted by Crippen LogP contribution is -2.32. The minimum atomic E-state index is -0.626. The second kappa shape index (κ2) is 7.74. The van der Waals surface area contributed by atoms with Gasteiger partial charge in [-0.05, 0) is 31.5 Å². The molecule has 1 aromatic rings. The molecular formula is C14H21FN2O2. The lowest BCUT2D eigenvalue weighted by molar-refractivity contribution is -0.130. The fourth-order valence-corrected chi connectivity index (χ4v) is 1.82. The number of halogens is 1. The van der Waals surface area contributed by atoms with Crippen molar-refractivity contribution in [3.63, 3.8) is 0 Å². The number of hydrogen-bond donors (Lipinski definition) is 2. The number of phenolic OH excluding ortho intramolecular Hbond substituents is 1. The average molecular weight is 268 g/mol. The predicted molar refractivity (Wildman–Crippen MR) is 72.3 cm³/mol. The fourth-order valence-electron chi connectivity index (χ4n) is 1.82. The molecule has 0 aliphatic heterocycles. The Morgan fingerprint density at radius 3 is 2.63 bits per heavy atom. The zero-order valence-corrected chi connectivity index (χ0v) is 11.4. The molecule has 0 aromatic heterocycles. The molecule has 106 valence electrons. The molecule has 1 rings (SSSR count). The van der Waals surface area contributed by atoms with Crippen LogP contribution < -0.4 is 5.32 Å². The van der Waals surface area contributed by atoms with Gasteiger partial charge < -0.3 is 15.3 Å². The van der Waals surface area contributed by atoms with Crippen LogP contribution in [0.3, 0.4) is 0 Å². The van der Waals surface area contributed by atoms with E-state index < -0.39 is 5.82 Å². The summed E-state index contributed by atoms with van der Waals surface area (Å²) in [4.78, 5) is 13.5. The minimum Gasteiger partial charge on any atom is -0.505 e. The summed E-state index contributed by atoms with van der Waals surface area (Å²) in [5.74, 6) is -0.853. The summed E-state index contributed by atoms with van der Waals surface area (Å²) in [7, 11) is 0. The maximum absolute atomic E-state index is 13.1. The van der Waals surface area contributed by atoms with Gasteiger partial charge >= 0.3 is 0 Å². The van der Waals surface area contributed by atoms with Crippen LogP contribution in [0.25, 0.3) is 0 Å². The van der Waals surface area contributed by atoms with E-state index in [4.69, 9.17) is 5.11 Å². The van der Waals surface area contributed by atoms with Crippen LogP contribution in [0, 0.1) is 5.82 Å². The second-order valence-corrected chi connectivity index (χ2v) is 4.28. The lowest BCUT2D eigenvalue weighted by atomic mass is 10.2. The van der Waals surface area contributed by atoms with Crippen LogP contribution in [0.5, 0.6) is 5.75 Å². The molecule has 0 spiro atoms. The van der Waals surface area contributed by atoms with Crippen LogP contribution in [0.2, 0.25) is 0 Å². The smallest absolute Gasteiger partial charge is 0.223 e. The van der Waals surface area contributed by atoms with E-state index in [0.29, 0.717) is 19.5 Å². The normalized spacial score (nSPS) is 10.5. The van der Waals surface area contributed by atoms with Gasteiger partial charge in [-0.25, -0.2) is 4.39 Å². The quantitative estimate of drug-likeness (QED) is 0.742. The van der Waals surface area contributed by atoms with Gasteiger partial charge in [0, 0.05) is 32.6 Å². The highest BCUT2D eigenvalue weighted by Crippen LogP contribution is 2.15. The van der Waals surface area contributed by atoms with Gasteiger partial charge in [-0.3, -0.25) is 4.79 Å². The summed E-state index contributed by atoms with van der Waals surface area (Å²) in [5, 5.41) is 12.1. The first kappa shape index (κ1) is 15.4.